The standard InChI is InChI=1S/C2H4O5/c3-1(4)2(5,6)7/h5-7H,(H,3,4). The SMILES string of the molecule is O=C(O)C(O)(O)O. The zero-order chi connectivity index (χ0) is 6.08. The summed E-state index contributed by atoms with van der Waals surface area (Å²) in [6.45, 7) is 0. The maximum Gasteiger partial charge on any atom is 0.395 e. The van der Waals surface area contributed by atoms with Gasteiger partial charge in [-0.2, -0.15) is 0 Å². The normalized spacial score (nSPS) is 11.3. The Morgan fingerprint density at radius 1 is 1.29 bits per heavy atom. The maximum atomic E-state index is 9.27. The minimum atomic E-state index is -3.58. The lowest BCUT2D eigenvalue weighted by molar-refractivity contribution is -0.300. The van der Waals surface area contributed by atoms with Crippen LogP contribution in [0.4, 0.5) is 0 Å². The number of carboxylic acids is 1. The van der Waals surface area contributed by atoms with Gasteiger partial charge in [-0.05, 0) is 0 Å². The van der Waals surface area contributed by atoms with Crippen LogP contribution < -0.4 is 0 Å². The lowest BCUT2D eigenvalue weighted by Crippen LogP contribution is -2.37. The second-order valence-corrected chi connectivity index (χ2v) is 0.941. The van der Waals surface area contributed by atoms with Crippen molar-refractivity contribution in [2.75, 3.05) is 0 Å². The Hall–Kier alpha value is -0.650. The zero-order valence-electron chi connectivity index (χ0n) is 3.20. The van der Waals surface area contributed by atoms with Crippen LogP contribution in [-0.4, -0.2) is 32.4 Å². The minimum Gasteiger partial charge on any atom is -0.475 e. The fourth-order valence-electron chi connectivity index (χ4n) is 0. The highest BCUT2D eigenvalue weighted by molar-refractivity contribution is 5.72. The molecule has 0 heterocycles. The van der Waals surface area contributed by atoms with Crippen LogP contribution in [0.25, 0.3) is 0 Å². The molecule has 0 radical (unpaired) electrons. The number of aliphatic carboxylic acids is 1. The molecule has 0 aliphatic heterocycles. The molecule has 42 valence electrons. The van der Waals surface area contributed by atoms with Crippen LogP contribution in [-0.2, 0) is 4.79 Å². The van der Waals surface area contributed by atoms with Crippen LogP contribution in [0.5, 0.6) is 0 Å². The van der Waals surface area contributed by atoms with Gasteiger partial charge in [-0.15, -0.1) is 0 Å². The largest absolute Gasteiger partial charge is 0.475 e. The van der Waals surface area contributed by atoms with Crippen molar-refractivity contribution in [1.82, 2.24) is 0 Å². The lowest BCUT2D eigenvalue weighted by Gasteiger charge is -2.04. The molecule has 0 atom stereocenters. The zero-order valence-corrected chi connectivity index (χ0v) is 3.20. The number of carboxylic acid groups (broad SMARTS) is 1. The maximum absolute atomic E-state index is 9.27. The van der Waals surface area contributed by atoms with E-state index in [2.05, 4.69) is 0 Å². The number of hydrogen-bond donors (Lipinski definition) is 4. The van der Waals surface area contributed by atoms with Crippen LogP contribution in [0.15, 0.2) is 0 Å². The number of hydrogen-bond acceptors (Lipinski definition) is 4. The van der Waals surface area contributed by atoms with E-state index in [1.807, 2.05) is 0 Å². The van der Waals surface area contributed by atoms with Crippen molar-refractivity contribution in [2.45, 2.75) is 5.97 Å². The van der Waals surface area contributed by atoms with Gasteiger partial charge in [-0.25, -0.2) is 4.79 Å². The van der Waals surface area contributed by atoms with E-state index in [9.17, 15) is 4.79 Å². The first-order valence-electron chi connectivity index (χ1n) is 1.35. The van der Waals surface area contributed by atoms with Crippen LogP contribution >= 0.6 is 0 Å². The van der Waals surface area contributed by atoms with Crippen LogP contribution in [0.2, 0.25) is 0 Å². The fraction of sp³-hybridized carbons (Fsp3) is 0.500. The average molecular weight is 108 g/mol. The molecule has 0 aliphatic rings. The van der Waals surface area contributed by atoms with Crippen molar-refractivity contribution in [1.29, 1.82) is 0 Å². The molecule has 0 bridgehead atoms. The molecule has 4 N–H and O–H groups in total. The fourth-order valence-corrected chi connectivity index (χ4v) is 0. The van der Waals surface area contributed by atoms with Gasteiger partial charge in [-0.1, -0.05) is 0 Å². The summed E-state index contributed by atoms with van der Waals surface area (Å²) in [6.07, 6.45) is 0. The van der Waals surface area contributed by atoms with Gasteiger partial charge in [0, 0.05) is 0 Å². The van der Waals surface area contributed by atoms with Gasteiger partial charge < -0.3 is 20.4 Å². The molecule has 0 aromatic rings. The predicted octanol–water partition coefficient (Wildman–Crippen LogP) is -2.30. The van der Waals surface area contributed by atoms with Crippen LogP contribution in [0, 0.1) is 0 Å². The smallest absolute Gasteiger partial charge is 0.395 e. The first-order valence-corrected chi connectivity index (χ1v) is 1.35. The third kappa shape index (κ3) is 2.10. The average Bonchev–Trinajstić information content (AvgIpc) is 1.31. The molecule has 0 amide bonds. The Morgan fingerprint density at radius 3 is 1.43 bits per heavy atom. The van der Waals surface area contributed by atoms with E-state index >= 15 is 0 Å². The van der Waals surface area contributed by atoms with Gasteiger partial charge in [0.25, 0.3) is 0 Å². The summed E-state index contributed by atoms with van der Waals surface area (Å²) >= 11 is 0. The van der Waals surface area contributed by atoms with Crippen molar-refractivity contribution in [3.8, 4) is 0 Å². The summed E-state index contributed by atoms with van der Waals surface area (Å²) in [6, 6.07) is 0. The molecule has 0 saturated heterocycles. The highest BCUT2D eigenvalue weighted by atomic mass is 16.7. The Kier molecular flexibility index (Phi) is 1.32. The molecule has 0 spiro atoms. The minimum absolute atomic E-state index is 2.09. The summed E-state index contributed by atoms with van der Waals surface area (Å²) in [5.41, 5.74) is 0. The Bertz CT molecular complexity index is 78.6. The van der Waals surface area contributed by atoms with Crippen LogP contribution in [0.3, 0.4) is 0 Å². The molecule has 0 aromatic heterocycles. The van der Waals surface area contributed by atoms with Gasteiger partial charge in [0.15, 0.2) is 0 Å². The molecule has 5 nitrogen and oxygen atoms in total. The number of carbonyl (C=O) groups is 1. The summed E-state index contributed by atoms with van der Waals surface area (Å²) < 4.78 is 0. The first-order chi connectivity index (χ1) is 2.94. The van der Waals surface area contributed by atoms with Crippen molar-refractivity contribution < 1.29 is 25.2 Å². The van der Waals surface area contributed by atoms with E-state index in [-0.39, 0.29) is 0 Å². The van der Waals surface area contributed by atoms with E-state index < -0.39 is 11.9 Å². The molecule has 0 saturated carbocycles. The van der Waals surface area contributed by atoms with Crippen molar-refractivity contribution in [3.05, 3.63) is 0 Å². The molecule has 0 fully saturated rings. The summed E-state index contributed by atoms with van der Waals surface area (Å²) in [5, 5.41) is 30.3. The number of rotatable bonds is 1. The first kappa shape index (κ1) is 6.35. The van der Waals surface area contributed by atoms with Gasteiger partial charge in [-0.3, -0.25) is 0 Å². The predicted molar refractivity (Wildman–Crippen MR) is 17.0 cm³/mol. The van der Waals surface area contributed by atoms with E-state index in [1.54, 1.807) is 0 Å². The third-order valence-electron chi connectivity index (χ3n) is 0.287. The molecular formula is C2H4O5. The highest BCUT2D eigenvalue weighted by Gasteiger charge is 2.28. The second kappa shape index (κ2) is 1.45. The Morgan fingerprint density at radius 2 is 1.43 bits per heavy atom. The van der Waals surface area contributed by atoms with E-state index in [0.29, 0.717) is 0 Å². The summed E-state index contributed by atoms with van der Waals surface area (Å²) in [7, 11) is 0. The molecule has 0 rings (SSSR count). The van der Waals surface area contributed by atoms with Crippen molar-refractivity contribution in [2.24, 2.45) is 0 Å². The molecule has 7 heavy (non-hydrogen) atoms. The molecule has 0 aliphatic carbocycles. The molecule has 0 aromatic carbocycles. The summed E-state index contributed by atoms with van der Waals surface area (Å²) in [5.74, 6) is -5.67. The van der Waals surface area contributed by atoms with E-state index in [1.165, 1.54) is 0 Å². The molecule has 0 unspecified atom stereocenters. The monoisotopic (exact) mass is 108 g/mol. The number of aliphatic hydroxyl groups is 3. The Labute approximate surface area is 38.4 Å². The second-order valence-electron chi connectivity index (χ2n) is 0.941. The quantitative estimate of drug-likeness (QED) is 0.283. The van der Waals surface area contributed by atoms with Gasteiger partial charge >= 0.3 is 11.9 Å². The van der Waals surface area contributed by atoms with Gasteiger partial charge in [0.05, 0.1) is 0 Å². The van der Waals surface area contributed by atoms with E-state index in [0.717, 1.165) is 0 Å². The van der Waals surface area contributed by atoms with E-state index in [4.69, 9.17) is 20.4 Å². The van der Waals surface area contributed by atoms with Crippen molar-refractivity contribution >= 4 is 5.97 Å². The highest BCUT2D eigenvalue weighted by Crippen LogP contribution is 1.88. The van der Waals surface area contributed by atoms with Gasteiger partial charge in [0.1, 0.15) is 0 Å². The summed E-state index contributed by atoms with van der Waals surface area (Å²) in [4.78, 5) is 9.27. The topological polar surface area (TPSA) is 98.0 Å². The van der Waals surface area contributed by atoms with Crippen LogP contribution in [0.1, 0.15) is 0 Å². The molecular weight excluding hydrogens is 104 g/mol. The molecule has 5 heteroatoms. The van der Waals surface area contributed by atoms with Crippen molar-refractivity contribution in [3.63, 3.8) is 0 Å². The van der Waals surface area contributed by atoms with Gasteiger partial charge in [0.2, 0.25) is 0 Å². The third-order valence-corrected chi connectivity index (χ3v) is 0.287. The Balaban J connectivity index is 3.79. The lowest BCUT2D eigenvalue weighted by atomic mass is 10.6.